The van der Waals surface area contributed by atoms with Gasteiger partial charge in [0.1, 0.15) is 24.3 Å². The second-order valence-corrected chi connectivity index (χ2v) is 22.1. The summed E-state index contributed by atoms with van der Waals surface area (Å²) < 4.78 is 32.1. The zero-order valence-electron chi connectivity index (χ0n) is 47.7. The third-order valence-electron chi connectivity index (χ3n) is 13.5. The summed E-state index contributed by atoms with van der Waals surface area (Å²) >= 11 is 0. The molecule has 0 unspecified atom stereocenters. The number of likely N-dealkylation sites (tertiary alicyclic amines) is 1. The van der Waals surface area contributed by atoms with Crippen molar-refractivity contribution in [1.29, 1.82) is 0 Å². The number of aliphatic carboxylic acids is 1. The maximum atomic E-state index is 12.7. The van der Waals surface area contributed by atoms with E-state index in [-0.39, 0.29) is 61.4 Å². The van der Waals surface area contributed by atoms with Crippen LogP contribution in [-0.2, 0) is 19.1 Å². The Labute approximate surface area is 478 Å². The summed E-state index contributed by atoms with van der Waals surface area (Å²) in [6.45, 7) is 15.9. The fourth-order valence-corrected chi connectivity index (χ4v) is 9.51. The molecule has 10 rings (SSSR count). The van der Waals surface area contributed by atoms with Crippen LogP contribution in [0.1, 0.15) is 124 Å². The summed E-state index contributed by atoms with van der Waals surface area (Å²) in [5.74, 6) is 1.15. The van der Waals surface area contributed by atoms with Gasteiger partial charge in [0, 0.05) is 57.1 Å². The molecule has 0 aliphatic carbocycles. The Morgan fingerprint density at radius 2 is 0.988 bits per heavy atom. The monoisotopic (exact) mass is 1140 g/mol. The maximum Gasteiger partial charge on any atom is 0.408 e. The van der Waals surface area contributed by atoms with E-state index in [1.54, 1.807) is 76.8 Å². The van der Waals surface area contributed by atoms with Gasteiger partial charge in [-0.2, -0.15) is 0 Å². The highest BCUT2D eigenvalue weighted by atomic mass is 16.7. The van der Waals surface area contributed by atoms with Crippen LogP contribution in [-0.4, -0.2) is 153 Å². The Kier molecular flexibility index (Phi) is 18.6. The average Bonchev–Trinajstić information content (AvgIpc) is 2.61. The smallest absolute Gasteiger partial charge is 0.408 e. The van der Waals surface area contributed by atoms with Crippen LogP contribution in [0.2, 0.25) is 0 Å². The van der Waals surface area contributed by atoms with Gasteiger partial charge in [-0.1, -0.05) is 0 Å². The maximum absolute atomic E-state index is 12.7. The minimum atomic E-state index is -1.10. The van der Waals surface area contributed by atoms with Crippen molar-refractivity contribution in [3.05, 3.63) is 106 Å². The first-order valence-electron chi connectivity index (χ1n) is 27.2. The molecule has 6 heterocycles. The third-order valence-corrected chi connectivity index (χ3v) is 13.5. The number of rotatable bonds is 12. The molecule has 0 saturated carbocycles. The number of benzene rings is 4. The first-order valence-corrected chi connectivity index (χ1v) is 27.2. The van der Waals surface area contributed by atoms with Crippen molar-refractivity contribution in [3.8, 4) is 34.8 Å². The lowest BCUT2D eigenvalue weighted by Crippen LogP contribution is -2.45. The highest BCUT2D eigenvalue weighted by Gasteiger charge is 2.29. The van der Waals surface area contributed by atoms with Crippen molar-refractivity contribution in [2.24, 2.45) is 9.98 Å². The van der Waals surface area contributed by atoms with Gasteiger partial charge in [0.2, 0.25) is 19.5 Å². The molecule has 8 N–H and O–H groups in total. The minimum absolute atomic E-state index is 0.0246. The van der Waals surface area contributed by atoms with Gasteiger partial charge in [-0.25, -0.2) is 9.59 Å². The number of ketones is 2. The lowest BCUT2D eigenvalue weighted by molar-refractivity contribution is -0.136. The molecule has 4 aliphatic rings. The van der Waals surface area contributed by atoms with E-state index in [2.05, 4.69) is 25.9 Å². The molecule has 23 nitrogen and oxygen atoms in total. The van der Waals surface area contributed by atoms with E-state index in [0.29, 0.717) is 93.5 Å². The number of ether oxygens (including phenoxy) is 6. The number of H-pyrrole nitrogens is 2. The Morgan fingerprint density at radius 1 is 0.578 bits per heavy atom. The van der Waals surface area contributed by atoms with E-state index in [1.807, 2.05) is 42.5 Å². The van der Waals surface area contributed by atoms with Crippen molar-refractivity contribution < 1.29 is 72.5 Å². The van der Waals surface area contributed by atoms with Crippen LogP contribution in [0.5, 0.6) is 34.8 Å². The second-order valence-electron chi connectivity index (χ2n) is 22.1. The number of aromatic hydroxyl groups is 2. The highest BCUT2D eigenvalue weighted by molar-refractivity contribution is 6.23. The predicted octanol–water partition coefficient (Wildman–Crippen LogP) is 8.15. The van der Waals surface area contributed by atoms with E-state index >= 15 is 0 Å². The average molecular weight is 1140 g/mol. The summed E-state index contributed by atoms with van der Waals surface area (Å²) in [5, 5.41) is 39.5. The van der Waals surface area contributed by atoms with E-state index in [0.717, 1.165) is 48.0 Å². The topological polar surface area (TPSA) is 314 Å². The number of carboxylic acid groups (broad SMARTS) is 1. The zero-order chi connectivity index (χ0) is 59.8. The lowest BCUT2D eigenvalue weighted by Gasteiger charge is -2.31. The van der Waals surface area contributed by atoms with E-state index in [4.69, 9.17) is 43.5 Å². The number of carbonyl (C=O) groups is 6. The van der Waals surface area contributed by atoms with Gasteiger partial charge in [-0.15, -0.1) is 0 Å². The number of aliphatic imine (C=N–C) groups is 2. The van der Waals surface area contributed by atoms with Gasteiger partial charge in [0.05, 0.1) is 34.6 Å². The second kappa shape index (κ2) is 25.8. The molecule has 6 aromatic rings. The summed E-state index contributed by atoms with van der Waals surface area (Å²) in [5.41, 5.74) is 5.18. The highest BCUT2D eigenvalue weighted by Crippen LogP contribution is 2.39. The quantitative estimate of drug-likeness (QED) is 0.0423. The number of hydrogen-bond acceptors (Lipinski definition) is 17. The number of hydrogen-bond donors (Lipinski definition) is 8. The van der Waals surface area contributed by atoms with Gasteiger partial charge in [-0.3, -0.25) is 29.2 Å². The molecule has 0 bridgehead atoms. The first-order chi connectivity index (χ1) is 39.4. The molecule has 0 spiro atoms. The van der Waals surface area contributed by atoms with E-state index in [1.165, 1.54) is 13.8 Å². The van der Waals surface area contributed by atoms with Crippen LogP contribution in [0, 0.1) is 0 Å². The van der Waals surface area contributed by atoms with Crippen LogP contribution in [0.15, 0.2) is 82.8 Å². The summed E-state index contributed by atoms with van der Waals surface area (Å²) in [7, 11) is 0. The SMILES string of the molecule is CC(=O)c1ccc2[nH]c(O)c(C(=NC3CCN(C(=O)CNC(=O)OC(C)(C)C)CC3)c3ccc4c(c3)OCO4)c2c1.CC(=O)c1ccc2[nH]c(O)c(C(=NC3CCNCC3)c3ccc4c(c3)OCO4)c2c1.CC(C)(C)OC(=O)NCC(=O)O. The number of alkyl carbamates (subject to hydrolysis) is 2. The number of amides is 3. The van der Waals surface area contributed by atoms with Crippen molar-refractivity contribution in [2.75, 3.05) is 52.9 Å². The van der Waals surface area contributed by atoms with Crippen molar-refractivity contribution in [3.63, 3.8) is 0 Å². The van der Waals surface area contributed by atoms with Crippen LogP contribution in [0.3, 0.4) is 0 Å². The van der Waals surface area contributed by atoms with Crippen molar-refractivity contribution in [2.45, 2.75) is 104 Å². The van der Waals surface area contributed by atoms with Crippen LogP contribution < -0.4 is 34.9 Å². The largest absolute Gasteiger partial charge is 0.494 e. The first kappa shape index (κ1) is 60.0. The summed E-state index contributed by atoms with van der Waals surface area (Å²) in [6.07, 6.45) is 1.68. The molecular formula is C60H70N8O15. The number of aromatic amines is 2. The number of nitrogens with zero attached hydrogens (tertiary/aromatic N) is 3. The molecule has 3 amide bonds. The molecule has 0 atom stereocenters. The van der Waals surface area contributed by atoms with Gasteiger partial charge in [-0.05, 0) is 167 Å². The standard InChI is InChI=1S/C30H34N4O7.C23H23N3O4.C7H13NO4/c1-17(35)18-5-7-22-21(13-18)26(28(37)33-22)27(19-6-8-23-24(14-19)40-16-39-23)32-20-9-11-34(12-10-20)25(36)15-31-29(38)41-30(2,3)4;1-13(27)14-2-4-18-17(10-14)21(23(28)26-18)22(25-16-6-8-24-9-7-16)15-3-5-19-20(11-15)30-12-29-19;1-7(2,3)12-6(11)8-4-5(9)10/h5-8,13-14,20,33,37H,9-12,15-16H2,1-4H3,(H,31,38);2-5,10-11,16,24,26,28H,6-9,12H2,1H3;4H2,1-3H3,(H,8,11)(H,9,10). The Morgan fingerprint density at radius 3 is 1.41 bits per heavy atom. The molecule has 2 aromatic heterocycles. The molecule has 83 heavy (non-hydrogen) atoms. The number of piperidine rings is 2. The molecular weight excluding hydrogens is 1070 g/mol. The molecule has 4 aliphatic heterocycles. The minimum Gasteiger partial charge on any atom is -0.494 e. The number of nitrogens with one attached hydrogen (secondary N) is 5. The molecule has 23 heteroatoms. The third kappa shape index (κ3) is 15.7. The van der Waals surface area contributed by atoms with E-state index in [9.17, 15) is 39.0 Å². The van der Waals surface area contributed by atoms with Crippen LogP contribution >= 0.6 is 0 Å². The number of carbonyl (C=O) groups excluding carboxylic acids is 5. The molecule has 2 fully saturated rings. The molecule has 0 radical (unpaired) electrons. The van der Waals surface area contributed by atoms with Crippen molar-refractivity contribution >= 4 is 68.9 Å². The normalized spacial score (nSPS) is 15.4. The lowest BCUT2D eigenvalue weighted by atomic mass is 9.97. The number of fused-ring (bicyclic) bond motifs is 4. The fraction of sp³-hybridized carbons (Fsp3) is 0.400. The van der Waals surface area contributed by atoms with Gasteiger partial charge in [0.25, 0.3) is 0 Å². The molecule has 2 saturated heterocycles. The molecule has 440 valence electrons. The number of carboxylic acids is 1. The number of aromatic nitrogens is 2. The van der Waals surface area contributed by atoms with Crippen LogP contribution in [0.4, 0.5) is 9.59 Å². The summed E-state index contributed by atoms with van der Waals surface area (Å²) in [4.78, 5) is 87.4. The predicted molar refractivity (Wildman–Crippen MR) is 308 cm³/mol. The molecule has 4 aromatic carbocycles. The Hall–Kier alpha value is -9.12. The van der Waals surface area contributed by atoms with Gasteiger partial charge >= 0.3 is 18.2 Å². The fourth-order valence-electron chi connectivity index (χ4n) is 9.51. The van der Waals surface area contributed by atoms with Crippen LogP contribution in [0.25, 0.3) is 21.8 Å². The van der Waals surface area contributed by atoms with E-state index < -0.39 is 35.9 Å². The summed E-state index contributed by atoms with van der Waals surface area (Å²) in [6, 6.07) is 21.8. The van der Waals surface area contributed by atoms with Crippen molar-refractivity contribution in [1.82, 2.24) is 30.8 Å². The Bertz CT molecular complexity index is 3480. The van der Waals surface area contributed by atoms with Gasteiger partial charge in [0.15, 0.2) is 46.3 Å². The number of Topliss-reactive ketones (excluding diaryl/α,β-unsaturated/α-hetero) is 2. The zero-order valence-corrected chi connectivity index (χ0v) is 47.7. The Balaban J connectivity index is 0.000000187. The van der Waals surface area contributed by atoms with Gasteiger partial charge < -0.3 is 74.6 Å².